The van der Waals surface area contributed by atoms with Gasteiger partial charge >= 0.3 is 5.97 Å². The van der Waals surface area contributed by atoms with Crippen LogP contribution in [0.25, 0.3) is 0 Å². The molecule has 0 bridgehead atoms. The van der Waals surface area contributed by atoms with E-state index in [0.717, 1.165) is 64.2 Å². The lowest BCUT2D eigenvalue weighted by molar-refractivity contribution is -0.235. The van der Waals surface area contributed by atoms with Crippen LogP contribution in [0.3, 0.4) is 0 Å². The van der Waals surface area contributed by atoms with Gasteiger partial charge in [0.1, 0.15) is 0 Å². The Morgan fingerprint density at radius 1 is 1.00 bits per heavy atom. The van der Waals surface area contributed by atoms with Gasteiger partial charge in [-0.15, -0.1) is 9.24 Å². The molecular formula is C30H51N2O3P. The maximum Gasteiger partial charge on any atom is 0.310 e. The predicted molar refractivity (Wildman–Crippen MR) is 149 cm³/mol. The smallest absolute Gasteiger partial charge is 0.310 e. The van der Waals surface area contributed by atoms with E-state index in [4.69, 9.17) is 5.73 Å². The molecule has 0 aromatic heterocycles. The number of carboxylic acid groups (broad SMARTS) is 1. The van der Waals surface area contributed by atoms with Gasteiger partial charge in [-0.1, -0.05) is 53.2 Å². The van der Waals surface area contributed by atoms with Crippen molar-refractivity contribution in [1.29, 1.82) is 0 Å². The number of hydrogen-bond donors (Lipinski definition) is 4. The number of carbonyl (C=O) groups is 1. The predicted octanol–water partition coefficient (Wildman–Crippen LogP) is 5.26. The number of allylic oxidation sites excluding steroid dienone is 1. The van der Waals surface area contributed by atoms with Crippen molar-refractivity contribution in [3.05, 3.63) is 11.6 Å². The third-order valence-corrected chi connectivity index (χ3v) is 14.6. The van der Waals surface area contributed by atoms with Crippen molar-refractivity contribution in [2.45, 2.75) is 128 Å². The molecule has 0 aromatic carbocycles. The minimum atomic E-state index is -0.642. The summed E-state index contributed by atoms with van der Waals surface area (Å²) < 4.78 is 0. The maximum atomic E-state index is 12.9. The highest BCUT2D eigenvalue weighted by molar-refractivity contribution is 7.18. The molecule has 1 unspecified atom stereocenters. The molecule has 0 heterocycles. The van der Waals surface area contributed by atoms with Crippen molar-refractivity contribution in [3.8, 4) is 0 Å². The summed E-state index contributed by atoms with van der Waals surface area (Å²) in [5.74, 6) is -0.529. The minimum absolute atomic E-state index is 0.0692. The Morgan fingerprint density at radius 3 is 2.25 bits per heavy atom. The van der Waals surface area contributed by atoms with Crippen molar-refractivity contribution >= 4 is 15.2 Å². The number of nitrogens with two attached hydrogens (primary N) is 1. The third kappa shape index (κ3) is 2.75. The Morgan fingerprint density at radius 2 is 1.64 bits per heavy atom. The van der Waals surface area contributed by atoms with Crippen LogP contribution >= 0.6 is 9.24 Å². The quantitative estimate of drug-likeness (QED) is 0.295. The zero-order valence-electron chi connectivity index (χ0n) is 23.8. The summed E-state index contributed by atoms with van der Waals surface area (Å²) in [6, 6.07) is 0. The van der Waals surface area contributed by atoms with Gasteiger partial charge in [0.05, 0.1) is 11.5 Å². The Kier molecular flexibility index (Phi) is 5.71. The monoisotopic (exact) mass is 518 g/mol. The van der Waals surface area contributed by atoms with Crippen LogP contribution in [0.4, 0.5) is 0 Å². The average molecular weight is 519 g/mol. The Labute approximate surface area is 221 Å². The molecule has 5 aliphatic rings. The SMILES string of the molecule is CN[C@@]12CC[C@]3(C)[C@](N)(CC=C4[C@@H]5C[C@](C)(P)CC[C@]5(C(=O)O)CC[C@]43C)[C@@]1(C)CC[C@H](O)C2(C)C. The molecular weight excluding hydrogens is 467 g/mol. The highest BCUT2D eigenvalue weighted by Crippen LogP contribution is 2.77. The highest BCUT2D eigenvalue weighted by atomic mass is 31.0. The van der Waals surface area contributed by atoms with E-state index >= 15 is 0 Å². The summed E-state index contributed by atoms with van der Waals surface area (Å²) in [6.45, 7) is 14.0. The number of fused-ring (bicyclic) bond motifs is 7. The van der Waals surface area contributed by atoms with Crippen LogP contribution in [0.2, 0.25) is 0 Å². The lowest BCUT2D eigenvalue weighted by Gasteiger charge is -2.78. The molecule has 4 fully saturated rings. The molecule has 5 aliphatic carbocycles. The van der Waals surface area contributed by atoms with E-state index in [9.17, 15) is 15.0 Å². The third-order valence-electron chi connectivity index (χ3n) is 14.0. The first-order valence-corrected chi connectivity index (χ1v) is 14.9. The van der Waals surface area contributed by atoms with Crippen LogP contribution < -0.4 is 11.1 Å². The lowest BCUT2D eigenvalue weighted by Crippen LogP contribution is -2.85. The summed E-state index contributed by atoms with van der Waals surface area (Å²) in [5, 5.41) is 25.6. The van der Waals surface area contributed by atoms with E-state index in [0.29, 0.717) is 0 Å². The van der Waals surface area contributed by atoms with E-state index in [1.54, 1.807) is 0 Å². The number of carboxylic acids is 1. The van der Waals surface area contributed by atoms with Gasteiger partial charge in [-0.25, -0.2) is 0 Å². The van der Waals surface area contributed by atoms with E-state index in [1.807, 2.05) is 0 Å². The number of aliphatic carboxylic acids is 1. The standard InChI is InChI=1S/C30H51N2O3P/c1-23(2)21(33)9-10-27(6)29(31)11-8-19-20-18-24(3,36)12-15-28(20,22(34)35)16-13-25(19,4)26(29,5)14-17-30(23,27)32-7/h8,20-21,32-33H,9-18,31,36H2,1-7H3,(H,34,35)/t20-,21-,24+,25+,26-,27+,28-,29+,30+/m0/s1. The van der Waals surface area contributed by atoms with Gasteiger partial charge < -0.3 is 21.3 Å². The van der Waals surface area contributed by atoms with Crippen molar-refractivity contribution < 1.29 is 15.0 Å². The van der Waals surface area contributed by atoms with Gasteiger partial charge in [0, 0.05) is 21.9 Å². The molecule has 0 saturated heterocycles. The van der Waals surface area contributed by atoms with Gasteiger partial charge in [-0.2, -0.15) is 0 Å². The first kappa shape index (κ1) is 27.1. The first-order valence-electron chi connectivity index (χ1n) is 14.3. The summed E-state index contributed by atoms with van der Waals surface area (Å²) in [7, 11) is 5.12. The molecule has 10 atom stereocenters. The second-order valence-corrected chi connectivity index (χ2v) is 16.5. The van der Waals surface area contributed by atoms with E-state index < -0.39 is 16.9 Å². The number of rotatable bonds is 2. The Hall–Kier alpha value is -0.480. The minimum Gasteiger partial charge on any atom is -0.481 e. The lowest BCUT2D eigenvalue weighted by atomic mass is 9.29. The molecule has 204 valence electrons. The molecule has 5 N–H and O–H groups in total. The summed E-state index contributed by atoms with van der Waals surface area (Å²) in [5.41, 5.74) is 7.06. The van der Waals surface area contributed by atoms with Gasteiger partial charge in [-0.05, 0) is 93.2 Å². The molecule has 0 aliphatic heterocycles. The zero-order valence-corrected chi connectivity index (χ0v) is 24.9. The molecule has 5 rings (SSSR count). The molecule has 0 spiro atoms. The second kappa shape index (κ2) is 7.58. The van der Waals surface area contributed by atoms with E-state index in [2.05, 4.69) is 69.2 Å². The normalized spacial score (nSPS) is 55.9. The van der Waals surface area contributed by atoms with Gasteiger partial charge in [0.25, 0.3) is 0 Å². The molecule has 0 amide bonds. The molecule has 0 aromatic rings. The topological polar surface area (TPSA) is 95.6 Å². The van der Waals surface area contributed by atoms with Gasteiger partial charge in [-0.3, -0.25) is 4.79 Å². The van der Waals surface area contributed by atoms with Crippen molar-refractivity contribution in [1.82, 2.24) is 5.32 Å². The second-order valence-electron chi connectivity index (χ2n) is 15.1. The summed E-state index contributed by atoms with van der Waals surface area (Å²) in [6.07, 6.45) is 10.7. The first-order chi connectivity index (χ1) is 16.4. The maximum absolute atomic E-state index is 12.9. The number of aliphatic hydroxyl groups excluding tert-OH is 1. The van der Waals surface area contributed by atoms with Crippen molar-refractivity contribution in [2.24, 2.45) is 38.7 Å². The fourth-order valence-corrected chi connectivity index (χ4v) is 11.5. The molecule has 36 heavy (non-hydrogen) atoms. The van der Waals surface area contributed by atoms with Gasteiger partial charge in [0.2, 0.25) is 0 Å². The highest BCUT2D eigenvalue weighted by Gasteiger charge is 2.77. The molecule has 6 heteroatoms. The van der Waals surface area contributed by atoms with Crippen molar-refractivity contribution in [3.63, 3.8) is 0 Å². The van der Waals surface area contributed by atoms with Crippen LogP contribution in [0, 0.1) is 33.0 Å². The van der Waals surface area contributed by atoms with E-state index in [1.165, 1.54) is 5.57 Å². The summed E-state index contributed by atoms with van der Waals surface area (Å²) in [4.78, 5) is 12.9. The summed E-state index contributed by atoms with van der Waals surface area (Å²) >= 11 is 0. The Balaban J connectivity index is 1.69. The number of nitrogens with one attached hydrogen (secondary N) is 1. The van der Waals surface area contributed by atoms with Gasteiger partial charge in [0.15, 0.2) is 0 Å². The van der Waals surface area contributed by atoms with Crippen LogP contribution in [-0.4, -0.2) is 45.6 Å². The van der Waals surface area contributed by atoms with Crippen LogP contribution in [0.15, 0.2) is 11.6 Å². The van der Waals surface area contributed by atoms with Crippen LogP contribution in [0.1, 0.15) is 106 Å². The molecule has 4 saturated carbocycles. The van der Waals surface area contributed by atoms with Crippen molar-refractivity contribution in [2.75, 3.05) is 7.05 Å². The van der Waals surface area contributed by atoms with E-state index in [-0.39, 0.29) is 44.4 Å². The number of aliphatic hydroxyl groups is 1. The number of hydrogen-bond acceptors (Lipinski definition) is 4. The zero-order chi connectivity index (χ0) is 26.8. The average Bonchev–Trinajstić information content (AvgIpc) is 2.79. The molecule has 0 radical (unpaired) electrons. The van der Waals surface area contributed by atoms with Crippen LogP contribution in [0.5, 0.6) is 0 Å². The fourth-order valence-electron chi connectivity index (χ4n) is 11.2. The van der Waals surface area contributed by atoms with Crippen LogP contribution in [-0.2, 0) is 4.79 Å². The Bertz CT molecular complexity index is 1010. The fraction of sp³-hybridized carbons (Fsp3) is 0.900. The largest absolute Gasteiger partial charge is 0.481 e. The molecule has 5 nitrogen and oxygen atoms in total.